The minimum atomic E-state index is -0.896. The van der Waals surface area contributed by atoms with E-state index in [1.54, 1.807) is 25.1 Å². The zero-order valence-electron chi connectivity index (χ0n) is 17.9. The predicted octanol–water partition coefficient (Wildman–Crippen LogP) is 2.68. The molecule has 0 saturated carbocycles. The highest BCUT2D eigenvalue weighted by atomic mass is 79.9. The van der Waals surface area contributed by atoms with Crippen LogP contribution in [0.15, 0.2) is 22.7 Å². The third kappa shape index (κ3) is 6.20. The van der Waals surface area contributed by atoms with Crippen LogP contribution in [0.25, 0.3) is 0 Å². The summed E-state index contributed by atoms with van der Waals surface area (Å²) in [5, 5.41) is 2.72. The second-order valence-electron chi connectivity index (χ2n) is 7.81. The van der Waals surface area contributed by atoms with E-state index in [-0.39, 0.29) is 30.4 Å². The molecule has 170 valence electrons. The second kappa shape index (κ2) is 10.9. The number of piperazine rings is 1. The molecule has 1 aromatic rings. The van der Waals surface area contributed by atoms with Gasteiger partial charge in [0.15, 0.2) is 0 Å². The summed E-state index contributed by atoms with van der Waals surface area (Å²) in [5.41, 5.74) is 0.409. The molecule has 0 radical (unpaired) electrons. The minimum absolute atomic E-state index is 0.0935. The van der Waals surface area contributed by atoms with Crippen LogP contribution < -0.4 is 10.1 Å². The zero-order chi connectivity index (χ0) is 22.4. The topological polar surface area (TPSA) is 94.2 Å². The number of nitrogens with one attached hydrogen (secondary N) is 1. The number of esters is 1. The number of carbonyl (C=O) groups excluding carboxylic acids is 3. The third-order valence-corrected chi connectivity index (χ3v) is 6.11. The Labute approximate surface area is 190 Å². The Hall–Kier alpha value is -2.13. The molecule has 0 aromatic heterocycles. The van der Waals surface area contributed by atoms with Gasteiger partial charge in [0.05, 0.1) is 23.1 Å². The fourth-order valence-electron chi connectivity index (χ4n) is 3.55. The number of amides is 2. The van der Waals surface area contributed by atoms with E-state index in [1.165, 1.54) is 4.90 Å². The normalized spacial score (nSPS) is 22.0. The van der Waals surface area contributed by atoms with Crippen LogP contribution in [0.4, 0.5) is 0 Å². The van der Waals surface area contributed by atoms with Gasteiger partial charge in [-0.25, -0.2) is 0 Å². The number of hydrogen-bond donors (Lipinski definition) is 1. The Balaban J connectivity index is 1.67. The van der Waals surface area contributed by atoms with Crippen LogP contribution in [0.3, 0.4) is 0 Å². The van der Waals surface area contributed by atoms with E-state index in [0.717, 1.165) is 19.4 Å². The number of hydrogen-bond acceptors (Lipinski definition) is 6. The lowest BCUT2D eigenvalue weighted by atomic mass is 10.1. The van der Waals surface area contributed by atoms with Crippen molar-refractivity contribution in [3.8, 4) is 5.75 Å². The standard InChI is InChI=1S/C22H29BrN2O6/c1-3-14(2)31-20(26)12-18-21(27)24-8-9-25(18)22(28)15-6-7-19(17(23)11-15)30-13-16-5-4-10-29-16/h6-7,11,14,16,18H,3-5,8-10,12-13H2,1-2H3,(H,24,27). The fourth-order valence-corrected chi connectivity index (χ4v) is 4.04. The molecule has 1 aromatic carbocycles. The number of benzene rings is 1. The van der Waals surface area contributed by atoms with Crippen molar-refractivity contribution in [2.24, 2.45) is 0 Å². The van der Waals surface area contributed by atoms with Gasteiger partial charge in [0.25, 0.3) is 5.91 Å². The van der Waals surface area contributed by atoms with Gasteiger partial charge in [-0.3, -0.25) is 14.4 Å². The van der Waals surface area contributed by atoms with Gasteiger partial charge >= 0.3 is 5.97 Å². The van der Waals surface area contributed by atoms with Gasteiger partial charge in [-0.2, -0.15) is 0 Å². The monoisotopic (exact) mass is 496 g/mol. The first-order valence-electron chi connectivity index (χ1n) is 10.7. The Kier molecular flexibility index (Phi) is 8.31. The van der Waals surface area contributed by atoms with Crippen LogP contribution in [0.2, 0.25) is 0 Å². The number of halogens is 1. The molecule has 31 heavy (non-hydrogen) atoms. The largest absolute Gasteiger partial charge is 0.490 e. The Morgan fingerprint density at radius 3 is 2.87 bits per heavy atom. The van der Waals surface area contributed by atoms with E-state index >= 15 is 0 Å². The molecule has 2 amide bonds. The summed E-state index contributed by atoms with van der Waals surface area (Å²) >= 11 is 3.46. The van der Waals surface area contributed by atoms with Crippen LogP contribution in [0.1, 0.15) is 49.9 Å². The lowest BCUT2D eigenvalue weighted by Gasteiger charge is -2.34. The van der Waals surface area contributed by atoms with Crippen molar-refractivity contribution in [3.63, 3.8) is 0 Å². The van der Waals surface area contributed by atoms with Crippen LogP contribution in [-0.2, 0) is 19.1 Å². The molecule has 1 N–H and O–H groups in total. The summed E-state index contributed by atoms with van der Waals surface area (Å²) < 4.78 is 17.3. The quantitative estimate of drug-likeness (QED) is 0.556. The molecule has 9 heteroatoms. The average molecular weight is 497 g/mol. The molecule has 3 rings (SSSR count). The zero-order valence-corrected chi connectivity index (χ0v) is 19.5. The molecule has 2 aliphatic heterocycles. The maximum absolute atomic E-state index is 13.2. The van der Waals surface area contributed by atoms with Gasteiger partial charge in [0.1, 0.15) is 18.4 Å². The van der Waals surface area contributed by atoms with Crippen molar-refractivity contribution in [2.75, 3.05) is 26.3 Å². The molecule has 2 saturated heterocycles. The summed E-state index contributed by atoms with van der Waals surface area (Å²) in [6.07, 6.45) is 2.38. The molecule has 0 bridgehead atoms. The van der Waals surface area contributed by atoms with Gasteiger partial charge in [-0.15, -0.1) is 0 Å². The second-order valence-corrected chi connectivity index (χ2v) is 8.66. The van der Waals surface area contributed by atoms with E-state index in [0.29, 0.717) is 41.9 Å². The Morgan fingerprint density at radius 2 is 2.19 bits per heavy atom. The summed E-state index contributed by atoms with van der Waals surface area (Å²) in [7, 11) is 0. The summed E-state index contributed by atoms with van der Waals surface area (Å²) in [6.45, 7) is 5.58. The van der Waals surface area contributed by atoms with Crippen molar-refractivity contribution >= 4 is 33.7 Å². The molecular weight excluding hydrogens is 468 g/mol. The summed E-state index contributed by atoms with van der Waals surface area (Å²) in [5.74, 6) is -0.538. The van der Waals surface area contributed by atoms with Gasteiger partial charge in [0.2, 0.25) is 5.91 Å². The maximum Gasteiger partial charge on any atom is 0.308 e. The van der Waals surface area contributed by atoms with E-state index in [1.807, 2.05) is 6.92 Å². The predicted molar refractivity (Wildman–Crippen MR) is 117 cm³/mol. The van der Waals surface area contributed by atoms with Gasteiger partial charge in [-0.1, -0.05) is 6.92 Å². The lowest BCUT2D eigenvalue weighted by molar-refractivity contribution is -0.151. The van der Waals surface area contributed by atoms with Gasteiger partial charge in [-0.05, 0) is 60.3 Å². The maximum atomic E-state index is 13.2. The van der Waals surface area contributed by atoms with Crippen LogP contribution >= 0.6 is 15.9 Å². The molecule has 3 atom stereocenters. The van der Waals surface area contributed by atoms with Crippen molar-refractivity contribution in [3.05, 3.63) is 28.2 Å². The molecule has 3 unspecified atom stereocenters. The molecule has 2 fully saturated rings. The summed E-state index contributed by atoms with van der Waals surface area (Å²) in [4.78, 5) is 39.2. The Bertz CT molecular complexity index is 811. The smallest absolute Gasteiger partial charge is 0.308 e. The van der Waals surface area contributed by atoms with Crippen molar-refractivity contribution < 1.29 is 28.6 Å². The summed E-state index contributed by atoms with van der Waals surface area (Å²) in [6, 6.07) is 4.17. The third-order valence-electron chi connectivity index (χ3n) is 5.49. The van der Waals surface area contributed by atoms with E-state index in [4.69, 9.17) is 14.2 Å². The molecule has 2 heterocycles. The number of ether oxygens (including phenoxy) is 3. The average Bonchev–Trinajstić information content (AvgIpc) is 3.27. The molecular formula is C22H29BrN2O6. The highest BCUT2D eigenvalue weighted by Gasteiger charge is 2.36. The highest BCUT2D eigenvalue weighted by Crippen LogP contribution is 2.28. The Morgan fingerprint density at radius 1 is 1.39 bits per heavy atom. The molecule has 2 aliphatic rings. The fraction of sp³-hybridized carbons (Fsp3) is 0.591. The van der Waals surface area contributed by atoms with Gasteiger partial charge in [0, 0.05) is 25.3 Å². The minimum Gasteiger partial charge on any atom is -0.490 e. The molecule has 8 nitrogen and oxygen atoms in total. The molecule has 0 aliphatic carbocycles. The molecule has 0 spiro atoms. The van der Waals surface area contributed by atoms with Gasteiger partial charge < -0.3 is 24.4 Å². The number of rotatable bonds is 8. The van der Waals surface area contributed by atoms with Crippen LogP contribution in [0, 0.1) is 0 Å². The van der Waals surface area contributed by atoms with Crippen LogP contribution in [0.5, 0.6) is 5.75 Å². The van der Waals surface area contributed by atoms with E-state index in [2.05, 4.69) is 21.2 Å². The number of carbonyl (C=O) groups is 3. The highest BCUT2D eigenvalue weighted by molar-refractivity contribution is 9.10. The first-order valence-corrected chi connectivity index (χ1v) is 11.5. The van der Waals surface area contributed by atoms with Crippen molar-refractivity contribution in [2.45, 2.75) is 57.8 Å². The lowest BCUT2D eigenvalue weighted by Crippen LogP contribution is -2.57. The first kappa shape index (κ1) is 23.5. The van der Waals surface area contributed by atoms with E-state index < -0.39 is 12.0 Å². The van der Waals surface area contributed by atoms with Crippen molar-refractivity contribution in [1.82, 2.24) is 10.2 Å². The van der Waals surface area contributed by atoms with Crippen LogP contribution in [-0.4, -0.2) is 67.2 Å². The first-order chi connectivity index (χ1) is 14.9. The van der Waals surface area contributed by atoms with Crippen molar-refractivity contribution in [1.29, 1.82) is 0 Å². The SMILES string of the molecule is CCC(C)OC(=O)CC1C(=O)NCCN1C(=O)c1ccc(OCC2CCCO2)c(Br)c1. The number of nitrogens with zero attached hydrogens (tertiary/aromatic N) is 1. The van der Waals surface area contributed by atoms with E-state index in [9.17, 15) is 14.4 Å².